The normalized spacial score (nSPS) is 9.12. The smallest absolute Gasteiger partial charge is 0.0458 e. The molecular weight excluding hydrogens is 332 g/mol. The van der Waals surface area contributed by atoms with Crippen LogP contribution in [0.1, 0.15) is 0 Å². The summed E-state index contributed by atoms with van der Waals surface area (Å²) in [6, 6.07) is 15.2. The van der Waals surface area contributed by atoms with E-state index >= 15 is 0 Å². The van der Waals surface area contributed by atoms with Gasteiger partial charge in [0.15, 0.2) is 0 Å². The maximum atomic E-state index is 5.47. The summed E-state index contributed by atoms with van der Waals surface area (Å²) >= 11 is 6.54. The highest BCUT2D eigenvalue weighted by Crippen LogP contribution is 2.17. The van der Waals surface area contributed by atoms with Gasteiger partial charge in [-0.05, 0) is 56.1 Å². The molecule has 0 aliphatic rings. The molecule has 0 spiro atoms. The molecule has 0 atom stereocenters. The summed E-state index contributed by atoms with van der Waals surface area (Å²) in [7, 11) is 0. The lowest BCUT2D eigenvalue weighted by atomic mass is 10.3. The van der Waals surface area contributed by atoms with Crippen molar-refractivity contribution in [1.29, 1.82) is 0 Å². The van der Waals surface area contributed by atoms with Crippen LogP contribution in [0.3, 0.4) is 0 Å². The van der Waals surface area contributed by atoms with Gasteiger partial charge in [0.2, 0.25) is 0 Å². The van der Waals surface area contributed by atoms with Gasteiger partial charge in [-0.3, -0.25) is 0 Å². The molecule has 0 saturated carbocycles. The van der Waals surface area contributed by atoms with Gasteiger partial charge in [-0.25, -0.2) is 0 Å². The van der Waals surface area contributed by atoms with Crippen LogP contribution in [0, 0.1) is 0 Å². The Morgan fingerprint density at radius 3 is 1.12 bits per heavy atom. The van der Waals surface area contributed by atoms with E-state index in [-0.39, 0.29) is 0 Å². The molecule has 0 saturated heterocycles. The first kappa shape index (κ1) is 13.1. The molecule has 16 heavy (non-hydrogen) atoms. The molecule has 0 unspecified atom stereocenters. The number of nitrogen functional groups attached to an aromatic ring is 2. The van der Waals surface area contributed by atoms with Gasteiger partial charge in [0.25, 0.3) is 0 Å². The molecule has 0 aliphatic heterocycles. The predicted octanol–water partition coefficient (Wildman–Crippen LogP) is 4.06. The van der Waals surface area contributed by atoms with E-state index in [9.17, 15) is 0 Å². The third-order valence-electron chi connectivity index (χ3n) is 1.81. The molecule has 2 rings (SSSR count). The van der Waals surface area contributed by atoms with Crippen molar-refractivity contribution in [3.63, 3.8) is 0 Å². The minimum Gasteiger partial charge on any atom is -0.398 e. The minimum atomic E-state index is 0.785. The fourth-order valence-electron chi connectivity index (χ4n) is 0.950. The van der Waals surface area contributed by atoms with E-state index < -0.39 is 0 Å². The van der Waals surface area contributed by atoms with Crippen molar-refractivity contribution in [3.05, 3.63) is 57.5 Å². The van der Waals surface area contributed by atoms with Gasteiger partial charge in [-0.2, -0.15) is 0 Å². The van der Waals surface area contributed by atoms with Crippen LogP contribution in [0.4, 0.5) is 11.4 Å². The van der Waals surface area contributed by atoms with Crippen LogP contribution in [0.25, 0.3) is 0 Å². The summed E-state index contributed by atoms with van der Waals surface area (Å²) in [5, 5.41) is 0. The third kappa shape index (κ3) is 4.24. The van der Waals surface area contributed by atoms with Crippen LogP contribution in [0.2, 0.25) is 0 Å². The summed E-state index contributed by atoms with van der Waals surface area (Å²) in [6.07, 6.45) is 0. The lowest BCUT2D eigenvalue weighted by molar-refractivity contribution is 1.63. The molecule has 0 radical (unpaired) electrons. The molecule has 0 heterocycles. The summed E-state index contributed by atoms with van der Waals surface area (Å²) in [6.45, 7) is 0. The van der Waals surface area contributed by atoms with E-state index in [1.807, 2.05) is 48.5 Å². The molecule has 0 fully saturated rings. The molecular formula is C12H12Br2N2. The Morgan fingerprint density at radius 1 is 0.625 bits per heavy atom. The zero-order valence-corrected chi connectivity index (χ0v) is 11.7. The van der Waals surface area contributed by atoms with E-state index in [2.05, 4.69) is 31.9 Å². The van der Waals surface area contributed by atoms with Gasteiger partial charge >= 0.3 is 0 Å². The highest BCUT2D eigenvalue weighted by Gasteiger charge is 1.87. The molecule has 0 bridgehead atoms. The Morgan fingerprint density at radius 2 is 0.938 bits per heavy atom. The van der Waals surface area contributed by atoms with Crippen LogP contribution in [0.15, 0.2) is 57.5 Å². The molecule has 0 aliphatic carbocycles. The average Bonchev–Trinajstić information content (AvgIpc) is 2.28. The van der Waals surface area contributed by atoms with Gasteiger partial charge in [0.1, 0.15) is 0 Å². The number of benzene rings is 2. The van der Waals surface area contributed by atoms with Crippen molar-refractivity contribution in [2.75, 3.05) is 11.5 Å². The average molecular weight is 344 g/mol. The van der Waals surface area contributed by atoms with Crippen LogP contribution < -0.4 is 11.5 Å². The van der Waals surface area contributed by atoms with Crippen LogP contribution in [0.5, 0.6) is 0 Å². The van der Waals surface area contributed by atoms with Crippen LogP contribution in [-0.4, -0.2) is 0 Å². The molecule has 2 aromatic rings. The SMILES string of the molecule is Nc1ccccc1Br.Nc1ccccc1Br. The highest BCUT2D eigenvalue weighted by atomic mass is 79.9. The Hall–Kier alpha value is -1.00. The molecule has 4 N–H and O–H groups in total. The second-order valence-electron chi connectivity index (χ2n) is 3.04. The number of rotatable bonds is 0. The van der Waals surface area contributed by atoms with Crippen LogP contribution in [-0.2, 0) is 0 Å². The summed E-state index contributed by atoms with van der Waals surface area (Å²) < 4.78 is 1.92. The van der Waals surface area contributed by atoms with Crippen molar-refractivity contribution >= 4 is 43.2 Å². The molecule has 2 aromatic carbocycles. The topological polar surface area (TPSA) is 52.0 Å². The monoisotopic (exact) mass is 342 g/mol. The zero-order valence-electron chi connectivity index (χ0n) is 8.53. The Labute approximate surface area is 112 Å². The van der Waals surface area contributed by atoms with Crippen molar-refractivity contribution in [2.45, 2.75) is 0 Å². The first-order chi connectivity index (χ1) is 7.61. The fraction of sp³-hybridized carbons (Fsp3) is 0. The quantitative estimate of drug-likeness (QED) is 0.708. The number of halogens is 2. The number of hydrogen-bond acceptors (Lipinski definition) is 2. The van der Waals surface area contributed by atoms with Gasteiger partial charge < -0.3 is 11.5 Å². The van der Waals surface area contributed by atoms with Gasteiger partial charge in [0.05, 0.1) is 0 Å². The van der Waals surface area contributed by atoms with Gasteiger partial charge in [0, 0.05) is 20.3 Å². The highest BCUT2D eigenvalue weighted by molar-refractivity contribution is 9.11. The predicted molar refractivity (Wildman–Crippen MR) is 77.1 cm³/mol. The Bertz CT molecular complexity index is 373. The van der Waals surface area contributed by atoms with E-state index in [1.165, 1.54) is 0 Å². The first-order valence-corrected chi connectivity index (χ1v) is 6.20. The molecule has 0 amide bonds. The number of hydrogen-bond donors (Lipinski definition) is 2. The standard InChI is InChI=1S/2C6H6BrN/c2*7-5-3-1-2-4-6(5)8/h2*1-4H,8H2. The van der Waals surface area contributed by atoms with Crippen molar-refractivity contribution in [3.8, 4) is 0 Å². The van der Waals surface area contributed by atoms with Crippen molar-refractivity contribution < 1.29 is 0 Å². The molecule has 2 nitrogen and oxygen atoms in total. The third-order valence-corrected chi connectivity index (χ3v) is 3.25. The van der Waals surface area contributed by atoms with E-state index in [4.69, 9.17) is 11.5 Å². The summed E-state index contributed by atoms with van der Waals surface area (Å²) in [5.74, 6) is 0. The maximum absolute atomic E-state index is 5.47. The van der Waals surface area contributed by atoms with Gasteiger partial charge in [-0.15, -0.1) is 0 Å². The van der Waals surface area contributed by atoms with Crippen LogP contribution >= 0.6 is 31.9 Å². The lowest BCUT2D eigenvalue weighted by Gasteiger charge is -1.91. The van der Waals surface area contributed by atoms with E-state index in [0.717, 1.165) is 20.3 Å². The number of anilines is 2. The van der Waals surface area contributed by atoms with Crippen molar-refractivity contribution in [2.24, 2.45) is 0 Å². The zero-order chi connectivity index (χ0) is 12.0. The Kier molecular flexibility index (Phi) is 5.35. The lowest BCUT2D eigenvalue weighted by Crippen LogP contribution is -1.82. The number of para-hydroxylation sites is 2. The summed E-state index contributed by atoms with van der Waals surface area (Å²) in [5.41, 5.74) is 12.5. The van der Waals surface area contributed by atoms with E-state index in [1.54, 1.807) is 0 Å². The summed E-state index contributed by atoms with van der Waals surface area (Å²) in [4.78, 5) is 0. The minimum absolute atomic E-state index is 0.785. The largest absolute Gasteiger partial charge is 0.398 e. The second kappa shape index (κ2) is 6.55. The maximum Gasteiger partial charge on any atom is 0.0458 e. The molecule has 0 aromatic heterocycles. The van der Waals surface area contributed by atoms with Crippen molar-refractivity contribution in [1.82, 2.24) is 0 Å². The molecule has 4 heteroatoms. The second-order valence-corrected chi connectivity index (χ2v) is 4.75. The molecule has 84 valence electrons. The van der Waals surface area contributed by atoms with E-state index in [0.29, 0.717) is 0 Å². The first-order valence-electron chi connectivity index (χ1n) is 4.61. The number of nitrogens with two attached hydrogens (primary N) is 2. The van der Waals surface area contributed by atoms with Gasteiger partial charge in [-0.1, -0.05) is 24.3 Å². The fourth-order valence-corrected chi connectivity index (χ4v) is 1.52. The Balaban J connectivity index is 0.000000160.